The lowest BCUT2D eigenvalue weighted by Gasteiger charge is -2.33. The number of rotatable bonds is 4. The number of hydrogen-bond acceptors (Lipinski definition) is 7. The Morgan fingerprint density at radius 3 is 2.69 bits per heavy atom. The second-order valence-electron chi connectivity index (χ2n) is 7.87. The van der Waals surface area contributed by atoms with Crippen LogP contribution in [0, 0.1) is 6.92 Å². The van der Waals surface area contributed by atoms with Crippen molar-refractivity contribution in [2.24, 2.45) is 0 Å². The van der Waals surface area contributed by atoms with Gasteiger partial charge < -0.3 is 19.9 Å². The molecule has 32 heavy (non-hydrogen) atoms. The molecule has 3 aromatic rings. The van der Waals surface area contributed by atoms with Crippen molar-refractivity contribution in [2.75, 3.05) is 45.7 Å². The summed E-state index contributed by atoms with van der Waals surface area (Å²) in [4.78, 5) is 42.6. The number of pyridine rings is 1. The smallest absolute Gasteiger partial charge is 0.257 e. The molecule has 1 N–H and O–H groups in total. The van der Waals surface area contributed by atoms with Gasteiger partial charge in [-0.2, -0.15) is 0 Å². The van der Waals surface area contributed by atoms with Gasteiger partial charge in [-0.1, -0.05) is 18.2 Å². The summed E-state index contributed by atoms with van der Waals surface area (Å²) in [5.41, 5.74) is 2.95. The average molecular weight is 435 g/mol. The number of amides is 2. The molecular weight excluding hydrogens is 408 g/mol. The lowest BCUT2D eigenvalue weighted by Crippen LogP contribution is -2.43. The summed E-state index contributed by atoms with van der Waals surface area (Å²) in [6.45, 7) is 2.96. The fourth-order valence-electron chi connectivity index (χ4n) is 3.75. The maximum Gasteiger partial charge on any atom is 0.257 e. The van der Waals surface area contributed by atoms with Crippen LogP contribution in [0.4, 0.5) is 5.95 Å². The molecule has 3 heterocycles. The molecule has 9 nitrogen and oxygen atoms in total. The third-order valence-electron chi connectivity index (χ3n) is 5.49. The van der Waals surface area contributed by atoms with Crippen molar-refractivity contribution in [1.82, 2.24) is 25.2 Å². The van der Waals surface area contributed by atoms with Crippen LogP contribution in [0.3, 0.4) is 0 Å². The maximum atomic E-state index is 13.2. The first-order chi connectivity index (χ1) is 15.4. The molecule has 1 fully saturated rings. The van der Waals surface area contributed by atoms with Crippen molar-refractivity contribution >= 4 is 28.7 Å². The number of ether oxygens (including phenoxy) is 1. The van der Waals surface area contributed by atoms with Crippen LogP contribution in [0.5, 0.6) is 0 Å². The van der Waals surface area contributed by atoms with Gasteiger partial charge in [-0.25, -0.2) is 15.0 Å². The molecule has 0 bridgehead atoms. The molecule has 2 aromatic heterocycles. The molecule has 1 saturated heterocycles. The van der Waals surface area contributed by atoms with Gasteiger partial charge in [-0.15, -0.1) is 0 Å². The average Bonchev–Trinajstić information content (AvgIpc) is 2.82. The Morgan fingerprint density at radius 2 is 1.97 bits per heavy atom. The van der Waals surface area contributed by atoms with E-state index < -0.39 is 6.10 Å². The van der Waals surface area contributed by atoms with Crippen LogP contribution in [-0.4, -0.2) is 72.5 Å². The molecule has 0 radical (unpaired) electrons. The normalized spacial score (nSPS) is 16.1. The van der Waals surface area contributed by atoms with Gasteiger partial charge in [0.2, 0.25) is 5.95 Å². The summed E-state index contributed by atoms with van der Waals surface area (Å²) in [5.74, 6) is 0.219. The topological polar surface area (TPSA) is 101 Å². The van der Waals surface area contributed by atoms with Crippen molar-refractivity contribution in [1.29, 1.82) is 0 Å². The maximum absolute atomic E-state index is 13.2. The van der Waals surface area contributed by atoms with Crippen LogP contribution in [0.2, 0.25) is 0 Å². The van der Waals surface area contributed by atoms with E-state index in [-0.39, 0.29) is 11.8 Å². The van der Waals surface area contributed by atoms with E-state index in [1.807, 2.05) is 38.4 Å². The molecule has 1 aliphatic rings. The molecule has 4 rings (SSSR count). The number of carbonyl (C=O) groups excluding carboxylic acids is 2. The zero-order valence-electron chi connectivity index (χ0n) is 18.6. The first-order valence-electron chi connectivity index (χ1n) is 10.4. The molecule has 166 valence electrons. The Kier molecular flexibility index (Phi) is 6.00. The summed E-state index contributed by atoms with van der Waals surface area (Å²) in [5, 5.41) is 3.45. The fraction of sp³-hybridized carbons (Fsp3) is 0.348. The summed E-state index contributed by atoms with van der Waals surface area (Å²) >= 11 is 0. The molecule has 9 heteroatoms. The molecule has 1 atom stereocenters. The second kappa shape index (κ2) is 8.88. The number of anilines is 1. The number of carbonyl (C=O) groups is 2. The Hall–Kier alpha value is -3.59. The van der Waals surface area contributed by atoms with Crippen LogP contribution in [-0.2, 0) is 4.74 Å². The minimum atomic E-state index is -0.442. The number of fused-ring (bicyclic) bond motifs is 1. The minimum absolute atomic E-state index is 0.145. The Balaban J connectivity index is 1.63. The van der Waals surface area contributed by atoms with Gasteiger partial charge in [0.15, 0.2) is 0 Å². The highest BCUT2D eigenvalue weighted by Crippen LogP contribution is 2.27. The van der Waals surface area contributed by atoms with E-state index in [1.165, 1.54) is 0 Å². The van der Waals surface area contributed by atoms with Crippen LogP contribution < -0.4 is 10.2 Å². The number of nitrogens with one attached hydrogen (secondary N) is 1. The number of nitrogens with zero attached hydrogens (tertiary/aromatic N) is 5. The number of benzene rings is 1. The quantitative estimate of drug-likeness (QED) is 0.670. The summed E-state index contributed by atoms with van der Waals surface area (Å²) in [7, 11) is 5.31. The van der Waals surface area contributed by atoms with Crippen molar-refractivity contribution in [3.63, 3.8) is 0 Å². The molecule has 0 aliphatic carbocycles. The van der Waals surface area contributed by atoms with Crippen LogP contribution in [0.25, 0.3) is 10.9 Å². The van der Waals surface area contributed by atoms with E-state index >= 15 is 0 Å². The van der Waals surface area contributed by atoms with Crippen molar-refractivity contribution in [3.8, 4) is 0 Å². The lowest BCUT2D eigenvalue weighted by molar-refractivity contribution is -0.0246. The number of para-hydroxylation sites is 1. The molecule has 0 spiro atoms. The summed E-state index contributed by atoms with van der Waals surface area (Å²) in [6, 6.07) is 9.24. The number of aromatic nitrogens is 3. The summed E-state index contributed by atoms with van der Waals surface area (Å²) < 4.78 is 5.95. The monoisotopic (exact) mass is 434 g/mol. The minimum Gasteiger partial charge on any atom is -0.368 e. The van der Waals surface area contributed by atoms with Crippen LogP contribution in [0.1, 0.15) is 38.2 Å². The standard InChI is InChI=1S/C23H26N6O3/c1-14-17(12-25-23(26-14)28(3)4)22(31)29-9-10-32-20(13-29)19-11-16(21(30)24-2)15-7-5-6-8-18(15)27-19/h5-8,11-12,20H,9-10,13H2,1-4H3,(H,24,30)/t20-/m1/s1. The largest absolute Gasteiger partial charge is 0.368 e. The third kappa shape index (κ3) is 4.11. The van der Waals surface area contributed by atoms with Crippen LogP contribution in [0.15, 0.2) is 36.5 Å². The van der Waals surface area contributed by atoms with Gasteiger partial charge in [-0.3, -0.25) is 9.59 Å². The molecular formula is C23H26N6O3. The SMILES string of the molecule is CNC(=O)c1cc([C@H]2CN(C(=O)c3cnc(N(C)C)nc3C)CCO2)nc2ccccc12. The Morgan fingerprint density at radius 1 is 1.19 bits per heavy atom. The molecule has 1 aliphatic heterocycles. The Bertz CT molecular complexity index is 1180. The van der Waals surface area contributed by atoms with Gasteiger partial charge in [0.1, 0.15) is 6.10 Å². The Labute approximate surface area is 186 Å². The van der Waals surface area contributed by atoms with Gasteiger partial charge in [0.25, 0.3) is 11.8 Å². The highest BCUT2D eigenvalue weighted by atomic mass is 16.5. The van der Waals surface area contributed by atoms with Gasteiger partial charge >= 0.3 is 0 Å². The lowest BCUT2D eigenvalue weighted by atomic mass is 10.0. The van der Waals surface area contributed by atoms with Crippen molar-refractivity contribution < 1.29 is 14.3 Å². The first kappa shape index (κ1) is 21.6. The predicted molar refractivity (Wildman–Crippen MR) is 121 cm³/mol. The molecule has 0 saturated carbocycles. The van der Waals surface area contributed by atoms with E-state index in [0.29, 0.717) is 53.7 Å². The van der Waals surface area contributed by atoms with Gasteiger partial charge in [-0.05, 0) is 19.1 Å². The van der Waals surface area contributed by atoms with E-state index in [9.17, 15) is 9.59 Å². The zero-order chi connectivity index (χ0) is 22.8. The number of aryl methyl sites for hydroxylation is 1. The number of morpholine rings is 1. The zero-order valence-corrected chi connectivity index (χ0v) is 18.6. The first-order valence-corrected chi connectivity index (χ1v) is 10.4. The summed E-state index contributed by atoms with van der Waals surface area (Å²) in [6.07, 6.45) is 1.13. The molecule has 2 amide bonds. The van der Waals surface area contributed by atoms with E-state index in [2.05, 4.69) is 15.3 Å². The third-order valence-corrected chi connectivity index (χ3v) is 5.49. The van der Waals surface area contributed by atoms with Gasteiger partial charge in [0.05, 0.1) is 41.2 Å². The highest BCUT2D eigenvalue weighted by Gasteiger charge is 2.29. The number of hydrogen-bond donors (Lipinski definition) is 1. The van der Waals surface area contributed by atoms with E-state index in [0.717, 1.165) is 5.39 Å². The van der Waals surface area contributed by atoms with Crippen molar-refractivity contribution in [3.05, 3.63) is 59.0 Å². The van der Waals surface area contributed by atoms with Crippen molar-refractivity contribution in [2.45, 2.75) is 13.0 Å². The highest BCUT2D eigenvalue weighted by molar-refractivity contribution is 6.06. The van der Waals surface area contributed by atoms with E-state index in [4.69, 9.17) is 9.72 Å². The van der Waals surface area contributed by atoms with Crippen LogP contribution >= 0.6 is 0 Å². The fourth-order valence-corrected chi connectivity index (χ4v) is 3.75. The molecule has 1 aromatic carbocycles. The van der Waals surface area contributed by atoms with E-state index in [1.54, 1.807) is 36.0 Å². The molecule has 0 unspecified atom stereocenters. The predicted octanol–water partition coefficient (Wildman–Crippen LogP) is 1.97. The van der Waals surface area contributed by atoms with Gasteiger partial charge in [0, 0.05) is 39.3 Å². The second-order valence-corrected chi connectivity index (χ2v) is 7.87.